The minimum absolute atomic E-state index is 0.163. The summed E-state index contributed by atoms with van der Waals surface area (Å²) >= 11 is 0. The Kier molecular flexibility index (Phi) is 6.40. The number of pyridine rings is 1. The predicted molar refractivity (Wildman–Crippen MR) is 127 cm³/mol. The molecule has 0 aliphatic rings. The lowest BCUT2D eigenvalue weighted by Gasteiger charge is -2.35. The summed E-state index contributed by atoms with van der Waals surface area (Å²) in [4.78, 5) is 25.5. The molecular weight excluding hydrogens is 402 g/mol. The first-order valence-electron chi connectivity index (χ1n) is 10.7. The largest absolute Gasteiger partial charge is 0.465 e. The Morgan fingerprint density at radius 1 is 1.12 bits per heavy atom. The van der Waals surface area contributed by atoms with E-state index in [1.54, 1.807) is 22.8 Å². The van der Waals surface area contributed by atoms with Crippen LogP contribution in [0.4, 0.5) is 4.79 Å². The van der Waals surface area contributed by atoms with Crippen molar-refractivity contribution in [2.24, 2.45) is 11.3 Å². The standard InChI is InChI=1S/C26H29N3O3/c1-16(2)15-29-22(23(26(3,4)5)28-25(31)32)21(18-9-7-6-8-10-18)20-13-17(14-27)11-12-19(20)24(29)30/h6-13,16,23,28H,15H2,1-5H3,(H,31,32). The van der Waals surface area contributed by atoms with Gasteiger partial charge in [-0.3, -0.25) is 4.79 Å². The molecule has 0 aliphatic heterocycles. The van der Waals surface area contributed by atoms with Crippen molar-refractivity contribution in [3.8, 4) is 17.2 Å². The van der Waals surface area contributed by atoms with Crippen molar-refractivity contribution in [3.05, 3.63) is 70.1 Å². The number of fused-ring (bicyclic) bond motifs is 1. The van der Waals surface area contributed by atoms with Gasteiger partial charge in [-0.2, -0.15) is 5.26 Å². The molecule has 0 fully saturated rings. The van der Waals surface area contributed by atoms with Gasteiger partial charge < -0.3 is 15.0 Å². The third kappa shape index (κ3) is 4.52. The predicted octanol–water partition coefficient (Wildman–Crippen LogP) is 5.55. The Bertz CT molecular complexity index is 1250. The van der Waals surface area contributed by atoms with E-state index in [4.69, 9.17) is 0 Å². The van der Waals surface area contributed by atoms with Gasteiger partial charge in [0.05, 0.1) is 23.4 Å². The molecule has 1 amide bonds. The van der Waals surface area contributed by atoms with Crippen LogP contribution in [-0.4, -0.2) is 15.8 Å². The van der Waals surface area contributed by atoms with Crippen LogP contribution >= 0.6 is 0 Å². The minimum Gasteiger partial charge on any atom is -0.465 e. The number of aromatic nitrogens is 1. The molecule has 1 aromatic heterocycles. The van der Waals surface area contributed by atoms with Gasteiger partial charge in [0.25, 0.3) is 5.56 Å². The third-order valence-electron chi connectivity index (χ3n) is 5.46. The number of benzene rings is 2. The van der Waals surface area contributed by atoms with Gasteiger partial charge >= 0.3 is 6.09 Å². The van der Waals surface area contributed by atoms with Gasteiger partial charge in [0.15, 0.2) is 0 Å². The Balaban J connectivity index is 2.60. The van der Waals surface area contributed by atoms with Crippen LogP contribution in [-0.2, 0) is 6.54 Å². The van der Waals surface area contributed by atoms with Crippen molar-refractivity contribution in [3.63, 3.8) is 0 Å². The number of nitriles is 1. The Morgan fingerprint density at radius 3 is 2.31 bits per heavy atom. The fourth-order valence-electron chi connectivity index (χ4n) is 4.11. The van der Waals surface area contributed by atoms with Gasteiger partial charge in [0, 0.05) is 17.5 Å². The van der Waals surface area contributed by atoms with Gasteiger partial charge in [0.1, 0.15) is 0 Å². The number of nitrogens with one attached hydrogen (secondary N) is 1. The zero-order chi connectivity index (χ0) is 23.6. The fraction of sp³-hybridized carbons (Fsp3) is 0.346. The second-order valence-corrected chi connectivity index (χ2v) is 9.56. The zero-order valence-electron chi connectivity index (χ0n) is 19.1. The normalized spacial score (nSPS) is 12.5. The van der Waals surface area contributed by atoms with Crippen LogP contribution in [0.3, 0.4) is 0 Å². The van der Waals surface area contributed by atoms with Crippen molar-refractivity contribution in [2.75, 3.05) is 0 Å². The van der Waals surface area contributed by atoms with Crippen molar-refractivity contribution in [1.82, 2.24) is 9.88 Å². The SMILES string of the molecule is CC(C)Cn1c(C(NC(=O)O)C(C)(C)C)c(-c2ccccc2)c2cc(C#N)ccc2c1=O. The van der Waals surface area contributed by atoms with Crippen molar-refractivity contribution < 1.29 is 9.90 Å². The summed E-state index contributed by atoms with van der Waals surface area (Å²) < 4.78 is 1.72. The van der Waals surface area contributed by atoms with Crippen molar-refractivity contribution in [1.29, 1.82) is 5.26 Å². The highest BCUT2D eigenvalue weighted by atomic mass is 16.4. The van der Waals surface area contributed by atoms with E-state index in [0.29, 0.717) is 28.6 Å². The molecule has 3 rings (SSSR count). The summed E-state index contributed by atoms with van der Waals surface area (Å²) in [5.41, 5.74) is 1.99. The van der Waals surface area contributed by atoms with Crippen LogP contribution in [0.5, 0.6) is 0 Å². The van der Waals surface area contributed by atoms with Crippen LogP contribution in [0.1, 0.15) is 51.9 Å². The lowest BCUT2D eigenvalue weighted by Crippen LogP contribution is -2.40. The van der Waals surface area contributed by atoms with Gasteiger partial charge in [-0.15, -0.1) is 0 Å². The topological polar surface area (TPSA) is 95.1 Å². The highest BCUT2D eigenvalue weighted by molar-refractivity contribution is 5.98. The summed E-state index contributed by atoms with van der Waals surface area (Å²) in [6, 6.07) is 16.2. The van der Waals surface area contributed by atoms with Crippen molar-refractivity contribution >= 4 is 16.9 Å². The highest BCUT2D eigenvalue weighted by Gasteiger charge is 2.34. The summed E-state index contributed by atoms with van der Waals surface area (Å²) in [5, 5.41) is 23.0. The molecule has 0 aliphatic carbocycles. The molecule has 0 spiro atoms. The molecule has 2 aromatic carbocycles. The molecule has 0 radical (unpaired) electrons. The van der Waals surface area contributed by atoms with Crippen LogP contribution in [0.2, 0.25) is 0 Å². The fourth-order valence-corrected chi connectivity index (χ4v) is 4.11. The second-order valence-electron chi connectivity index (χ2n) is 9.56. The number of carbonyl (C=O) groups is 1. The quantitative estimate of drug-likeness (QED) is 0.553. The molecule has 6 heteroatoms. The number of carboxylic acid groups (broad SMARTS) is 1. The highest BCUT2D eigenvalue weighted by Crippen LogP contribution is 2.41. The first kappa shape index (κ1) is 23.1. The monoisotopic (exact) mass is 431 g/mol. The summed E-state index contributed by atoms with van der Waals surface area (Å²) in [5.74, 6) is 0.163. The maximum Gasteiger partial charge on any atom is 0.405 e. The first-order chi connectivity index (χ1) is 15.0. The summed E-state index contributed by atoms with van der Waals surface area (Å²) in [6.07, 6.45) is -1.15. The lowest BCUT2D eigenvalue weighted by atomic mass is 9.80. The van der Waals surface area contributed by atoms with E-state index in [2.05, 4.69) is 11.4 Å². The van der Waals surface area contributed by atoms with E-state index in [9.17, 15) is 20.0 Å². The third-order valence-corrected chi connectivity index (χ3v) is 5.46. The van der Waals surface area contributed by atoms with E-state index >= 15 is 0 Å². The molecular formula is C26H29N3O3. The number of nitrogens with zero attached hydrogens (tertiary/aromatic N) is 2. The number of amides is 1. The van der Waals surface area contributed by atoms with E-state index in [-0.39, 0.29) is 11.5 Å². The molecule has 1 unspecified atom stereocenters. The molecule has 3 aromatic rings. The van der Waals surface area contributed by atoms with Gasteiger partial charge in [-0.05, 0) is 40.5 Å². The van der Waals surface area contributed by atoms with Crippen LogP contribution in [0, 0.1) is 22.7 Å². The molecule has 2 N–H and O–H groups in total. The summed E-state index contributed by atoms with van der Waals surface area (Å²) in [7, 11) is 0. The molecule has 166 valence electrons. The molecule has 0 saturated heterocycles. The molecule has 32 heavy (non-hydrogen) atoms. The molecule has 6 nitrogen and oxygen atoms in total. The number of hydrogen-bond donors (Lipinski definition) is 2. The minimum atomic E-state index is -1.15. The first-order valence-corrected chi connectivity index (χ1v) is 10.7. The van der Waals surface area contributed by atoms with E-state index in [1.807, 2.05) is 65.0 Å². The summed E-state index contributed by atoms with van der Waals surface area (Å²) in [6.45, 7) is 10.3. The Hall–Kier alpha value is -3.59. The van der Waals surface area contributed by atoms with E-state index in [0.717, 1.165) is 11.1 Å². The van der Waals surface area contributed by atoms with Gasteiger partial charge in [-0.25, -0.2) is 4.79 Å². The zero-order valence-corrected chi connectivity index (χ0v) is 19.1. The number of rotatable bonds is 5. The molecule has 1 atom stereocenters. The average Bonchev–Trinajstić information content (AvgIpc) is 2.73. The Morgan fingerprint density at radius 2 is 1.78 bits per heavy atom. The lowest BCUT2D eigenvalue weighted by molar-refractivity contribution is 0.172. The van der Waals surface area contributed by atoms with Crippen LogP contribution in [0.25, 0.3) is 21.9 Å². The smallest absolute Gasteiger partial charge is 0.405 e. The van der Waals surface area contributed by atoms with Gasteiger partial charge in [0.2, 0.25) is 0 Å². The molecule has 0 saturated carbocycles. The van der Waals surface area contributed by atoms with Crippen molar-refractivity contribution in [2.45, 2.75) is 47.2 Å². The van der Waals surface area contributed by atoms with E-state index < -0.39 is 17.6 Å². The van der Waals surface area contributed by atoms with E-state index in [1.165, 1.54) is 0 Å². The maximum atomic E-state index is 13.7. The maximum absolute atomic E-state index is 13.7. The average molecular weight is 432 g/mol. The van der Waals surface area contributed by atoms with Gasteiger partial charge in [-0.1, -0.05) is 65.0 Å². The second kappa shape index (κ2) is 8.88. The Labute approximate surface area is 188 Å². The van der Waals surface area contributed by atoms with Crippen LogP contribution < -0.4 is 10.9 Å². The number of hydrogen-bond acceptors (Lipinski definition) is 3. The molecule has 1 heterocycles. The molecule has 0 bridgehead atoms. The van der Waals surface area contributed by atoms with Crippen LogP contribution in [0.15, 0.2) is 53.3 Å².